The van der Waals surface area contributed by atoms with E-state index in [9.17, 15) is 19.5 Å². The topological polar surface area (TPSA) is 213 Å². The molecule has 3 atom stereocenters. The van der Waals surface area contributed by atoms with Crippen LogP contribution in [0.2, 0.25) is 0 Å². The summed E-state index contributed by atoms with van der Waals surface area (Å²) in [4.78, 5) is 53.6. The highest BCUT2D eigenvalue weighted by Gasteiger charge is 2.54. The number of carbonyl (C=O) groups excluding carboxylic acids is 2. The number of nitrogen functional groups attached to an aromatic ring is 1. The predicted molar refractivity (Wildman–Crippen MR) is 138 cm³/mol. The minimum absolute atomic E-state index is 0.0370. The number of guanidine groups is 1. The van der Waals surface area contributed by atoms with E-state index < -0.39 is 29.2 Å². The normalized spacial score (nSPS) is 24.2. The molecule has 0 bridgehead atoms. The summed E-state index contributed by atoms with van der Waals surface area (Å²) >= 11 is 3.76. The molecule has 4 heterocycles. The first kappa shape index (κ1) is 25.9. The third-order valence-electron chi connectivity index (χ3n) is 5.56. The van der Waals surface area contributed by atoms with E-state index >= 15 is 0 Å². The lowest BCUT2D eigenvalue weighted by Crippen LogP contribution is -2.71. The van der Waals surface area contributed by atoms with Gasteiger partial charge in [0.25, 0.3) is 11.8 Å². The quantitative estimate of drug-likeness (QED) is 0.165. The summed E-state index contributed by atoms with van der Waals surface area (Å²) in [6, 6.07) is -0.944. The Labute approximate surface area is 217 Å². The highest BCUT2D eigenvalue weighted by atomic mass is 32.2. The average molecular weight is 554 g/mol. The van der Waals surface area contributed by atoms with Crippen LogP contribution in [0, 0.1) is 5.41 Å². The fourth-order valence-electron chi connectivity index (χ4n) is 3.67. The highest BCUT2D eigenvalue weighted by Crippen LogP contribution is 2.41. The van der Waals surface area contributed by atoms with E-state index in [1.54, 1.807) is 11.9 Å². The zero-order chi connectivity index (χ0) is 26.1. The van der Waals surface area contributed by atoms with Crippen molar-refractivity contribution in [3.8, 4) is 0 Å². The lowest BCUT2D eigenvalue weighted by atomic mass is 10.0. The minimum atomic E-state index is -1.23. The summed E-state index contributed by atoms with van der Waals surface area (Å²) in [6.45, 7) is 0. The second-order valence-electron chi connectivity index (χ2n) is 7.81. The van der Waals surface area contributed by atoms with Gasteiger partial charge in [-0.1, -0.05) is 5.16 Å². The Morgan fingerprint density at radius 1 is 1.47 bits per heavy atom. The van der Waals surface area contributed by atoms with E-state index in [0.29, 0.717) is 22.8 Å². The molecule has 36 heavy (non-hydrogen) atoms. The summed E-state index contributed by atoms with van der Waals surface area (Å²) in [5.41, 5.74) is 12.1. The predicted octanol–water partition coefficient (Wildman–Crippen LogP) is -0.499. The Balaban J connectivity index is 1.47. The van der Waals surface area contributed by atoms with Gasteiger partial charge in [0.15, 0.2) is 10.8 Å². The van der Waals surface area contributed by atoms with Crippen molar-refractivity contribution in [2.75, 3.05) is 31.4 Å². The number of rotatable bonds is 7. The molecule has 17 heteroatoms. The van der Waals surface area contributed by atoms with Crippen molar-refractivity contribution in [3.63, 3.8) is 0 Å². The molecule has 192 valence electrons. The molecule has 7 N–H and O–H groups in total. The second-order valence-corrected chi connectivity index (χ2v) is 10.9. The maximum atomic E-state index is 13.0. The van der Waals surface area contributed by atoms with Crippen LogP contribution in [0.15, 0.2) is 26.8 Å². The number of hydrogen-bond acceptors (Lipinski definition) is 12. The maximum Gasteiger partial charge on any atom is 0.352 e. The number of hydrogen-bond donors (Lipinski definition) is 5. The van der Waals surface area contributed by atoms with Crippen LogP contribution in [0.5, 0.6) is 0 Å². The maximum absolute atomic E-state index is 13.0. The summed E-state index contributed by atoms with van der Waals surface area (Å²) in [7, 11) is 2.95. The molecule has 0 aliphatic carbocycles. The molecule has 1 saturated heterocycles. The molecular weight excluding hydrogens is 530 g/mol. The van der Waals surface area contributed by atoms with Gasteiger partial charge in [-0.15, -0.1) is 34.9 Å². The van der Waals surface area contributed by atoms with E-state index in [0.717, 1.165) is 11.3 Å². The van der Waals surface area contributed by atoms with Crippen LogP contribution < -0.4 is 16.8 Å². The summed E-state index contributed by atoms with van der Waals surface area (Å²) in [5, 5.41) is 25.9. The Morgan fingerprint density at radius 3 is 2.83 bits per heavy atom. The van der Waals surface area contributed by atoms with E-state index in [1.165, 1.54) is 40.9 Å². The molecule has 2 amide bonds. The summed E-state index contributed by atoms with van der Waals surface area (Å²) < 4.78 is 0. The van der Waals surface area contributed by atoms with Crippen LogP contribution in [-0.2, 0) is 19.2 Å². The molecule has 0 radical (unpaired) electrons. The number of nitrogens with two attached hydrogens (primary N) is 2. The molecule has 3 aliphatic heterocycles. The van der Waals surface area contributed by atoms with Gasteiger partial charge >= 0.3 is 5.97 Å². The van der Waals surface area contributed by atoms with E-state index in [2.05, 4.69) is 20.4 Å². The van der Waals surface area contributed by atoms with Gasteiger partial charge in [-0.05, 0) is 5.57 Å². The van der Waals surface area contributed by atoms with Crippen LogP contribution in [0.4, 0.5) is 5.13 Å². The van der Waals surface area contributed by atoms with Crippen molar-refractivity contribution in [1.29, 1.82) is 5.41 Å². The van der Waals surface area contributed by atoms with E-state index in [1.807, 2.05) is 0 Å². The van der Waals surface area contributed by atoms with Crippen molar-refractivity contribution in [2.24, 2.45) is 15.9 Å². The minimum Gasteiger partial charge on any atom is -0.477 e. The zero-order valence-corrected chi connectivity index (χ0v) is 21.6. The van der Waals surface area contributed by atoms with Gasteiger partial charge in [0, 0.05) is 30.4 Å². The Kier molecular flexibility index (Phi) is 7.53. The van der Waals surface area contributed by atoms with Gasteiger partial charge < -0.3 is 31.6 Å². The number of carboxylic acids is 1. The van der Waals surface area contributed by atoms with Gasteiger partial charge in [-0.3, -0.25) is 19.9 Å². The molecule has 1 fully saturated rings. The SMILES string of the molecule is CON=C(C(=O)N[C@@H]1C(=O)N2C(C(=O)O)=C(CSC3=NC(=N)N(C)C(N)C3)CS[C@H]12)c1csc(N)n1. The first-order valence-corrected chi connectivity index (χ1v) is 13.3. The summed E-state index contributed by atoms with van der Waals surface area (Å²) in [5.74, 6) is -1.82. The number of aromatic nitrogens is 1. The first-order valence-electron chi connectivity index (χ1n) is 10.4. The molecule has 1 unspecified atom stereocenters. The number of carbonyl (C=O) groups is 3. The van der Waals surface area contributed by atoms with Crippen molar-refractivity contribution in [3.05, 3.63) is 22.3 Å². The number of fused-ring (bicyclic) bond motifs is 1. The van der Waals surface area contributed by atoms with Crippen LogP contribution in [-0.4, -0.2) is 97.6 Å². The lowest BCUT2D eigenvalue weighted by Gasteiger charge is -2.49. The van der Waals surface area contributed by atoms with Crippen molar-refractivity contribution >= 4 is 74.5 Å². The number of thiazole rings is 1. The second kappa shape index (κ2) is 10.5. The molecule has 1 aromatic heterocycles. The third-order valence-corrected chi connectivity index (χ3v) is 8.66. The van der Waals surface area contributed by atoms with Gasteiger partial charge in [0.2, 0.25) is 5.96 Å². The van der Waals surface area contributed by atoms with Gasteiger partial charge in [-0.2, -0.15) is 0 Å². The number of aliphatic carboxylic acids is 1. The van der Waals surface area contributed by atoms with Crippen LogP contribution in [0.25, 0.3) is 0 Å². The number of thioether (sulfide) groups is 2. The van der Waals surface area contributed by atoms with E-state index in [-0.39, 0.29) is 40.1 Å². The number of amides is 2. The highest BCUT2D eigenvalue weighted by molar-refractivity contribution is 8.14. The lowest BCUT2D eigenvalue weighted by molar-refractivity contribution is -0.150. The summed E-state index contributed by atoms with van der Waals surface area (Å²) in [6.07, 6.45) is 0.0472. The van der Waals surface area contributed by atoms with Crippen LogP contribution in [0.1, 0.15) is 12.1 Å². The number of oxime groups is 1. The molecule has 0 saturated carbocycles. The van der Waals surface area contributed by atoms with E-state index in [4.69, 9.17) is 21.7 Å². The Hall–Kier alpha value is -3.15. The molecule has 4 rings (SSSR count). The number of aliphatic imine (C=N–C) groups is 1. The monoisotopic (exact) mass is 553 g/mol. The van der Waals surface area contributed by atoms with Crippen LogP contribution in [0.3, 0.4) is 0 Å². The van der Waals surface area contributed by atoms with Crippen molar-refractivity contribution in [1.82, 2.24) is 20.1 Å². The largest absolute Gasteiger partial charge is 0.477 e. The Morgan fingerprint density at radius 2 is 2.22 bits per heavy atom. The zero-order valence-electron chi connectivity index (χ0n) is 19.1. The molecule has 0 spiro atoms. The number of nitrogens with zero attached hydrogens (tertiary/aromatic N) is 5. The number of anilines is 1. The third kappa shape index (κ3) is 4.91. The Bertz CT molecular complexity index is 1210. The fraction of sp³-hybridized carbons (Fsp3) is 0.421. The van der Waals surface area contributed by atoms with Gasteiger partial charge in [0.05, 0.1) is 11.2 Å². The average Bonchev–Trinajstić information content (AvgIpc) is 3.27. The first-order chi connectivity index (χ1) is 17.1. The van der Waals surface area contributed by atoms with Crippen molar-refractivity contribution < 1.29 is 24.3 Å². The molecule has 3 aliphatic rings. The number of β-lactam (4-membered cyclic amide) rings is 1. The number of nitrogens with one attached hydrogen (secondary N) is 2. The molecular formula is C19H23N9O5S3. The molecule has 0 aromatic carbocycles. The molecule has 14 nitrogen and oxygen atoms in total. The standard InChI is InChI=1S/C19H23N9O5S3/c1-27-9(20)3-10(24-18(27)21)34-4-7-5-35-16-12(15(30)28(16)13(7)17(31)32)25-14(29)11(26-33-2)8-6-36-19(22)23-8/h6,9,12,16,21H,3-5,20H2,1-2H3,(H2,22,23)(H,25,29)(H,31,32)/t9?,12-,16-/m1/s1. The number of carboxylic acid groups (broad SMARTS) is 1. The van der Waals surface area contributed by atoms with Gasteiger partial charge in [0.1, 0.15) is 29.9 Å². The van der Waals surface area contributed by atoms with Crippen molar-refractivity contribution in [2.45, 2.75) is 24.0 Å². The smallest absolute Gasteiger partial charge is 0.352 e. The fourth-order valence-corrected chi connectivity index (χ4v) is 6.72. The van der Waals surface area contributed by atoms with Crippen LogP contribution >= 0.6 is 34.9 Å². The van der Waals surface area contributed by atoms with Gasteiger partial charge in [-0.25, -0.2) is 14.8 Å². The molecule has 1 aromatic rings.